The Balaban J connectivity index is 1.57. The van der Waals surface area contributed by atoms with E-state index in [4.69, 9.17) is 0 Å². The Kier molecular flexibility index (Phi) is 4.85. The first-order valence-electron chi connectivity index (χ1n) is 8.92. The number of aromatic hydroxyl groups is 1. The van der Waals surface area contributed by atoms with E-state index in [0.29, 0.717) is 16.8 Å². The first-order chi connectivity index (χ1) is 13.7. The first kappa shape index (κ1) is 17.5. The van der Waals surface area contributed by atoms with E-state index in [1.54, 1.807) is 42.6 Å². The fourth-order valence-electron chi connectivity index (χ4n) is 3.00. The van der Waals surface area contributed by atoms with Crippen LogP contribution in [-0.4, -0.2) is 17.2 Å². The number of amides is 1. The third kappa shape index (κ3) is 3.76. The molecule has 4 nitrogen and oxygen atoms in total. The number of nitrogens with one attached hydrogen (secondary N) is 1. The molecule has 0 unspecified atom stereocenters. The molecule has 0 aliphatic heterocycles. The summed E-state index contributed by atoms with van der Waals surface area (Å²) < 4.78 is 0. The highest BCUT2D eigenvalue weighted by Crippen LogP contribution is 2.24. The highest BCUT2D eigenvalue weighted by Gasteiger charge is 2.09. The van der Waals surface area contributed by atoms with Crippen LogP contribution in [0.4, 0.5) is 11.4 Å². The molecule has 0 atom stereocenters. The quantitative estimate of drug-likeness (QED) is 0.465. The summed E-state index contributed by atoms with van der Waals surface area (Å²) in [5.41, 5.74) is 2.54. The molecule has 4 rings (SSSR count). The molecule has 1 amide bonds. The second-order valence-electron chi connectivity index (χ2n) is 6.35. The van der Waals surface area contributed by atoms with Crippen molar-refractivity contribution in [3.63, 3.8) is 0 Å². The molecule has 0 saturated heterocycles. The van der Waals surface area contributed by atoms with E-state index in [0.717, 1.165) is 16.5 Å². The number of anilines is 1. The van der Waals surface area contributed by atoms with Crippen molar-refractivity contribution in [2.24, 2.45) is 4.99 Å². The molecule has 0 aliphatic rings. The third-order valence-corrected chi connectivity index (χ3v) is 4.44. The standard InChI is InChI=1S/C24H18N2O2/c27-23-14-4-2-8-19(23)16-25-20-11-5-10-18(15-20)24(28)26-22-13-6-9-17-7-1-3-12-21(17)22/h1-16,27H,(H,26,28). The predicted molar refractivity (Wildman–Crippen MR) is 114 cm³/mol. The Morgan fingerprint density at radius 3 is 2.50 bits per heavy atom. The summed E-state index contributed by atoms with van der Waals surface area (Å²) in [4.78, 5) is 17.1. The lowest BCUT2D eigenvalue weighted by atomic mass is 10.1. The molecule has 0 aromatic heterocycles. The van der Waals surface area contributed by atoms with E-state index < -0.39 is 0 Å². The summed E-state index contributed by atoms with van der Waals surface area (Å²) in [6.07, 6.45) is 1.58. The summed E-state index contributed by atoms with van der Waals surface area (Å²) in [5.74, 6) is -0.0351. The lowest BCUT2D eigenvalue weighted by molar-refractivity contribution is 0.102. The number of hydrogen-bond donors (Lipinski definition) is 2. The molecule has 0 heterocycles. The van der Waals surface area contributed by atoms with Gasteiger partial charge in [0, 0.05) is 28.4 Å². The Bertz CT molecular complexity index is 1180. The number of benzene rings is 4. The summed E-state index contributed by atoms with van der Waals surface area (Å²) >= 11 is 0. The lowest BCUT2D eigenvalue weighted by Crippen LogP contribution is -2.11. The van der Waals surface area contributed by atoms with Gasteiger partial charge < -0.3 is 10.4 Å². The van der Waals surface area contributed by atoms with E-state index in [1.807, 2.05) is 54.6 Å². The van der Waals surface area contributed by atoms with Gasteiger partial charge in [-0.15, -0.1) is 0 Å². The van der Waals surface area contributed by atoms with Gasteiger partial charge in [-0.25, -0.2) is 0 Å². The van der Waals surface area contributed by atoms with E-state index in [-0.39, 0.29) is 11.7 Å². The van der Waals surface area contributed by atoms with Gasteiger partial charge in [0.25, 0.3) is 5.91 Å². The Morgan fingerprint density at radius 2 is 1.61 bits per heavy atom. The van der Waals surface area contributed by atoms with Gasteiger partial charge in [0.1, 0.15) is 5.75 Å². The van der Waals surface area contributed by atoms with Crippen LogP contribution < -0.4 is 5.32 Å². The number of nitrogens with zero attached hydrogens (tertiary/aromatic N) is 1. The summed E-state index contributed by atoms with van der Waals surface area (Å²) in [5, 5.41) is 14.9. The Labute approximate surface area is 162 Å². The molecule has 0 spiro atoms. The average Bonchev–Trinajstić information content (AvgIpc) is 2.74. The Hall–Kier alpha value is -3.92. The maximum Gasteiger partial charge on any atom is 0.255 e. The van der Waals surface area contributed by atoms with Crippen LogP contribution >= 0.6 is 0 Å². The molecular weight excluding hydrogens is 348 g/mol. The third-order valence-electron chi connectivity index (χ3n) is 4.44. The number of aliphatic imine (C=N–C) groups is 1. The molecule has 0 aliphatic carbocycles. The van der Waals surface area contributed by atoms with E-state index in [2.05, 4.69) is 10.3 Å². The molecule has 136 valence electrons. The zero-order valence-electron chi connectivity index (χ0n) is 15.0. The maximum absolute atomic E-state index is 12.7. The van der Waals surface area contributed by atoms with Crippen molar-refractivity contribution in [2.45, 2.75) is 0 Å². The highest BCUT2D eigenvalue weighted by molar-refractivity contribution is 6.09. The number of fused-ring (bicyclic) bond motifs is 1. The van der Waals surface area contributed by atoms with Crippen molar-refractivity contribution in [3.05, 3.63) is 102 Å². The van der Waals surface area contributed by atoms with Crippen LogP contribution in [-0.2, 0) is 0 Å². The van der Waals surface area contributed by atoms with Crippen LogP contribution in [0.2, 0.25) is 0 Å². The van der Waals surface area contributed by atoms with Crippen LogP contribution in [0.5, 0.6) is 5.75 Å². The van der Waals surface area contributed by atoms with Crippen LogP contribution in [0.3, 0.4) is 0 Å². The van der Waals surface area contributed by atoms with E-state index in [1.165, 1.54) is 0 Å². The molecule has 4 aromatic carbocycles. The van der Waals surface area contributed by atoms with Gasteiger partial charge in [0.05, 0.1) is 5.69 Å². The number of carbonyl (C=O) groups excluding carboxylic acids is 1. The first-order valence-corrected chi connectivity index (χ1v) is 8.92. The molecule has 0 fully saturated rings. The smallest absolute Gasteiger partial charge is 0.255 e. The lowest BCUT2D eigenvalue weighted by Gasteiger charge is -2.09. The monoisotopic (exact) mass is 366 g/mol. The van der Waals surface area contributed by atoms with Crippen molar-refractivity contribution in [3.8, 4) is 5.75 Å². The molecule has 0 radical (unpaired) electrons. The van der Waals surface area contributed by atoms with Crippen LogP contribution in [0.25, 0.3) is 10.8 Å². The summed E-state index contributed by atoms with van der Waals surface area (Å²) in [6, 6.07) is 27.8. The number of para-hydroxylation sites is 1. The van der Waals surface area contributed by atoms with Gasteiger partial charge in [-0.2, -0.15) is 0 Å². The van der Waals surface area contributed by atoms with Gasteiger partial charge >= 0.3 is 0 Å². The minimum Gasteiger partial charge on any atom is -0.507 e. The minimum atomic E-state index is -0.198. The largest absolute Gasteiger partial charge is 0.507 e. The summed E-state index contributed by atoms with van der Waals surface area (Å²) in [6.45, 7) is 0. The molecule has 0 bridgehead atoms. The fraction of sp³-hybridized carbons (Fsp3) is 0. The topological polar surface area (TPSA) is 61.7 Å². The van der Waals surface area contributed by atoms with Crippen LogP contribution in [0, 0.1) is 0 Å². The molecule has 2 N–H and O–H groups in total. The number of hydrogen-bond acceptors (Lipinski definition) is 3. The fourth-order valence-corrected chi connectivity index (χ4v) is 3.00. The van der Waals surface area contributed by atoms with Crippen LogP contribution in [0.15, 0.2) is 96.0 Å². The average molecular weight is 366 g/mol. The summed E-state index contributed by atoms with van der Waals surface area (Å²) in [7, 11) is 0. The molecule has 0 saturated carbocycles. The minimum absolute atomic E-state index is 0.163. The number of phenolic OH excluding ortho intramolecular Hbond substituents is 1. The molecule has 28 heavy (non-hydrogen) atoms. The normalized spacial score (nSPS) is 11.0. The maximum atomic E-state index is 12.7. The van der Waals surface area contributed by atoms with Gasteiger partial charge in [0.2, 0.25) is 0 Å². The van der Waals surface area contributed by atoms with Crippen molar-refractivity contribution >= 4 is 34.3 Å². The van der Waals surface area contributed by atoms with Gasteiger partial charge in [-0.3, -0.25) is 9.79 Å². The zero-order chi connectivity index (χ0) is 19.3. The van der Waals surface area contributed by atoms with E-state index >= 15 is 0 Å². The number of rotatable bonds is 4. The second kappa shape index (κ2) is 7.76. The highest BCUT2D eigenvalue weighted by atomic mass is 16.3. The number of phenols is 1. The predicted octanol–water partition coefficient (Wildman–Crippen LogP) is 5.55. The van der Waals surface area contributed by atoms with Crippen molar-refractivity contribution in [1.29, 1.82) is 0 Å². The van der Waals surface area contributed by atoms with Gasteiger partial charge in [0.15, 0.2) is 0 Å². The van der Waals surface area contributed by atoms with Crippen LogP contribution in [0.1, 0.15) is 15.9 Å². The SMILES string of the molecule is O=C(Nc1cccc2ccccc12)c1cccc(N=Cc2ccccc2O)c1. The Morgan fingerprint density at radius 1 is 0.857 bits per heavy atom. The molecule has 4 aromatic rings. The van der Waals surface area contributed by atoms with Gasteiger partial charge in [-0.05, 0) is 41.8 Å². The zero-order valence-corrected chi connectivity index (χ0v) is 15.0. The van der Waals surface area contributed by atoms with Crippen molar-refractivity contribution in [2.75, 3.05) is 5.32 Å². The second-order valence-corrected chi connectivity index (χ2v) is 6.35. The van der Waals surface area contributed by atoms with Crippen molar-refractivity contribution < 1.29 is 9.90 Å². The van der Waals surface area contributed by atoms with Crippen molar-refractivity contribution in [1.82, 2.24) is 0 Å². The molecular formula is C24H18N2O2. The van der Waals surface area contributed by atoms with E-state index in [9.17, 15) is 9.90 Å². The van der Waals surface area contributed by atoms with Gasteiger partial charge in [-0.1, -0.05) is 54.6 Å². The number of carbonyl (C=O) groups is 1. The molecule has 4 heteroatoms.